The van der Waals surface area contributed by atoms with E-state index in [0.29, 0.717) is 28.3 Å². The number of benzene rings is 3. The van der Waals surface area contributed by atoms with E-state index in [1.54, 1.807) is 6.07 Å². The van der Waals surface area contributed by atoms with Gasteiger partial charge in [-0.15, -0.1) is 0 Å². The summed E-state index contributed by atoms with van der Waals surface area (Å²) in [5.74, 6) is 0. The normalized spacial score (nSPS) is 10.1. The molecule has 0 fully saturated rings. The maximum absolute atomic E-state index is 6.39. The van der Waals surface area contributed by atoms with Crippen LogP contribution in [0.3, 0.4) is 0 Å². The highest BCUT2D eigenvalue weighted by Gasteiger charge is 2.06. The maximum atomic E-state index is 6.39. The second kappa shape index (κ2) is 10.8. The van der Waals surface area contributed by atoms with E-state index in [-0.39, 0.29) is 0 Å². The Morgan fingerprint density at radius 2 is 1.21 bits per heavy atom. The molecule has 3 aromatic carbocycles. The van der Waals surface area contributed by atoms with Crippen LogP contribution in [0.25, 0.3) is 0 Å². The van der Waals surface area contributed by atoms with Gasteiger partial charge in [0.15, 0.2) is 10.2 Å². The summed E-state index contributed by atoms with van der Waals surface area (Å²) >= 11 is 17.1. The van der Waals surface area contributed by atoms with Crippen LogP contribution in [0, 0.1) is 0 Å². The van der Waals surface area contributed by atoms with Gasteiger partial charge in [-0.1, -0.05) is 72.3 Å². The molecule has 7 heteroatoms. The average Bonchev–Trinajstić information content (AvgIpc) is 2.74. The number of halogens is 1. The minimum absolute atomic E-state index is 0.511. The van der Waals surface area contributed by atoms with Gasteiger partial charge in [0.05, 0.1) is 10.7 Å². The molecule has 0 unspecified atom stereocenters. The fourth-order valence-electron chi connectivity index (χ4n) is 2.59. The third-order valence-corrected chi connectivity index (χ3v) is 4.87. The fourth-order valence-corrected chi connectivity index (χ4v) is 3.19. The van der Waals surface area contributed by atoms with Crippen LogP contribution in [0.2, 0.25) is 5.02 Å². The van der Waals surface area contributed by atoms with Gasteiger partial charge in [-0.05, 0) is 53.8 Å². The Morgan fingerprint density at radius 1 is 0.690 bits per heavy atom. The molecule has 0 bridgehead atoms. The first-order valence-corrected chi connectivity index (χ1v) is 10.3. The van der Waals surface area contributed by atoms with Crippen LogP contribution in [0.4, 0.5) is 11.4 Å². The Bertz CT molecular complexity index is 965. The molecule has 0 aliphatic carbocycles. The Kier molecular flexibility index (Phi) is 7.81. The molecular formula is C22H21ClN4S2. The number of hydrogen-bond acceptors (Lipinski definition) is 2. The Balaban J connectivity index is 1.48. The number of nitrogens with one attached hydrogen (secondary N) is 4. The highest BCUT2D eigenvalue weighted by atomic mass is 35.5. The third-order valence-electron chi connectivity index (χ3n) is 4.07. The summed E-state index contributed by atoms with van der Waals surface area (Å²) in [6, 6.07) is 25.7. The van der Waals surface area contributed by atoms with Crippen molar-refractivity contribution in [3.8, 4) is 0 Å². The van der Waals surface area contributed by atoms with E-state index < -0.39 is 0 Å². The highest BCUT2D eigenvalue weighted by Crippen LogP contribution is 2.25. The Hall–Kier alpha value is -2.67. The van der Waals surface area contributed by atoms with Gasteiger partial charge in [-0.3, -0.25) is 0 Å². The summed E-state index contributed by atoms with van der Waals surface area (Å²) < 4.78 is 0. The Morgan fingerprint density at radius 3 is 1.72 bits per heavy atom. The van der Waals surface area contributed by atoms with Crippen LogP contribution in [0.5, 0.6) is 0 Å². The van der Waals surface area contributed by atoms with Crippen molar-refractivity contribution in [2.45, 2.75) is 13.1 Å². The maximum Gasteiger partial charge on any atom is 0.171 e. The van der Waals surface area contributed by atoms with E-state index in [9.17, 15) is 0 Å². The lowest BCUT2D eigenvalue weighted by Crippen LogP contribution is -2.28. The smallest absolute Gasteiger partial charge is 0.171 e. The van der Waals surface area contributed by atoms with Gasteiger partial charge >= 0.3 is 0 Å². The van der Waals surface area contributed by atoms with Crippen LogP contribution in [0.15, 0.2) is 78.9 Å². The van der Waals surface area contributed by atoms with E-state index >= 15 is 0 Å². The zero-order valence-corrected chi connectivity index (χ0v) is 18.0. The lowest BCUT2D eigenvalue weighted by atomic mass is 10.2. The van der Waals surface area contributed by atoms with Gasteiger partial charge in [0.2, 0.25) is 0 Å². The van der Waals surface area contributed by atoms with Crippen molar-refractivity contribution in [3.63, 3.8) is 0 Å². The molecular weight excluding hydrogens is 420 g/mol. The summed E-state index contributed by atoms with van der Waals surface area (Å²) in [5.41, 5.74) is 3.84. The molecule has 0 radical (unpaired) electrons. The van der Waals surface area contributed by atoms with E-state index in [1.165, 1.54) is 0 Å². The summed E-state index contributed by atoms with van der Waals surface area (Å²) in [6.45, 7) is 1.30. The van der Waals surface area contributed by atoms with E-state index in [4.69, 9.17) is 36.0 Å². The minimum Gasteiger partial charge on any atom is -0.358 e. The van der Waals surface area contributed by atoms with Gasteiger partial charge in [-0.25, -0.2) is 0 Å². The molecule has 29 heavy (non-hydrogen) atoms. The van der Waals surface area contributed by atoms with Crippen molar-refractivity contribution in [1.29, 1.82) is 0 Å². The first kappa shape index (κ1) is 21.0. The van der Waals surface area contributed by atoms with Crippen LogP contribution in [0.1, 0.15) is 11.1 Å². The van der Waals surface area contributed by atoms with Gasteiger partial charge < -0.3 is 21.3 Å². The highest BCUT2D eigenvalue weighted by molar-refractivity contribution is 7.80. The molecule has 0 aliphatic rings. The van der Waals surface area contributed by atoms with E-state index in [0.717, 1.165) is 22.5 Å². The van der Waals surface area contributed by atoms with Crippen molar-refractivity contribution in [1.82, 2.24) is 10.6 Å². The quantitative estimate of drug-likeness (QED) is 0.389. The van der Waals surface area contributed by atoms with E-state index in [2.05, 4.69) is 21.3 Å². The first-order chi connectivity index (χ1) is 14.1. The SMILES string of the molecule is S=C(NCc1ccccc1)Nc1ccc(NC(=S)NCc2ccccc2)c(Cl)c1. The van der Waals surface area contributed by atoms with E-state index in [1.807, 2.05) is 72.8 Å². The molecule has 0 spiro atoms. The predicted molar refractivity (Wildman–Crippen MR) is 130 cm³/mol. The number of thiocarbonyl (C=S) groups is 2. The molecule has 3 aromatic rings. The second-order valence-electron chi connectivity index (χ2n) is 6.28. The Labute approximate surface area is 186 Å². The zero-order valence-electron chi connectivity index (χ0n) is 15.6. The largest absolute Gasteiger partial charge is 0.358 e. The van der Waals surface area contributed by atoms with Crippen molar-refractivity contribution in [2.24, 2.45) is 0 Å². The zero-order chi connectivity index (χ0) is 20.5. The molecule has 4 nitrogen and oxygen atoms in total. The molecule has 0 atom stereocenters. The number of hydrogen-bond donors (Lipinski definition) is 4. The van der Waals surface area contributed by atoms with Crippen LogP contribution in [-0.4, -0.2) is 10.2 Å². The standard InChI is InChI=1S/C22H21ClN4S2/c23-19-13-18(26-21(28)24-14-16-7-3-1-4-8-16)11-12-20(19)27-22(29)25-15-17-9-5-2-6-10-17/h1-13H,14-15H2,(H2,24,26,28)(H2,25,27,29). The molecule has 0 amide bonds. The van der Waals surface area contributed by atoms with Crippen LogP contribution in [-0.2, 0) is 13.1 Å². The molecule has 0 saturated heterocycles. The minimum atomic E-state index is 0.511. The molecule has 0 aromatic heterocycles. The molecule has 148 valence electrons. The number of rotatable bonds is 6. The summed E-state index contributed by atoms with van der Waals surface area (Å²) in [6.07, 6.45) is 0. The molecule has 4 N–H and O–H groups in total. The van der Waals surface area contributed by atoms with Gasteiger partial charge in [0, 0.05) is 18.8 Å². The molecule has 0 heterocycles. The second-order valence-corrected chi connectivity index (χ2v) is 7.50. The molecule has 0 aliphatic heterocycles. The van der Waals surface area contributed by atoms with Crippen LogP contribution >= 0.6 is 36.0 Å². The predicted octanol–water partition coefficient (Wildman–Crippen LogP) is 5.31. The van der Waals surface area contributed by atoms with Gasteiger partial charge in [0.1, 0.15) is 0 Å². The van der Waals surface area contributed by atoms with Crippen molar-refractivity contribution >= 4 is 57.6 Å². The molecule has 0 saturated carbocycles. The van der Waals surface area contributed by atoms with Crippen molar-refractivity contribution < 1.29 is 0 Å². The lowest BCUT2D eigenvalue weighted by Gasteiger charge is -2.14. The monoisotopic (exact) mass is 440 g/mol. The summed E-state index contributed by atoms with van der Waals surface area (Å²) in [7, 11) is 0. The number of anilines is 2. The van der Waals surface area contributed by atoms with Crippen molar-refractivity contribution in [2.75, 3.05) is 10.6 Å². The molecule has 3 rings (SSSR count). The fraction of sp³-hybridized carbons (Fsp3) is 0.0909. The summed E-state index contributed by atoms with van der Waals surface area (Å²) in [4.78, 5) is 0. The van der Waals surface area contributed by atoms with Crippen molar-refractivity contribution in [3.05, 3.63) is 95.0 Å². The third kappa shape index (κ3) is 7.02. The van der Waals surface area contributed by atoms with Crippen LogP contribution < -0.4 is 21.3 Å². The first-order valence-electron chi connectivity index (χ1n) is 9.07. The summed E-state index contributed by atoms with van der Waals surface area (Å²) in [5, 5.41) is 14.2. The topological polar surface area (TPSA) is 48.1 Å². The lowest BCUT2D eigenvalue weighted by molar-refractivity contribution is 0.925. The van der Waals surface area contributed by atoms with Gasteiger partial charge in [0.25, 0.3) is 0 Å². The average molecular weight is 441 g/mol. The van der Waals surface area contributed by atoms with Gasteiger partial charge in [-0.2, -0.15) is 0 Å².